The quantitative estimate of drug-likeness (QED) is 0.541. The fourth-order valence-corrected chi connectivity index (χ4v) is 1.71. The molecule has 0 saturated heterocycles. The molecule has 3 heteroatoms. The SMILES string of the molecule is CCCCN(CCCP)CCCP. The summed E-state index contributed by atoms with van der Waals surface area (Å²) >= 11 is 0. The Kier molecular flexibility index (Phi) is 11.6. The summed E-state index contributed by atoms with van der Waals surface area (Å²) in [4.78, 5) is 2.61. The third-order valence-electron chi connectivity index (χ3n) is 2.18. The lowest BCUT2D eigenvalue weighted by molar-refractivity contribution is 0.272. The Balaban J connectivity index is 3.47. The molecule has 0 spiro atoms. The maximum absolute atomic E-state index is 2.81. The highest BCUT2D eigenvalue weighted by Crippen LogP contribution is 2.01. The molecular weight excluding hydrogens is 196 g/mol. The Morgan fingerprint density at radius 1 is 0.846 bits per heavy atom. The maximum Gasteiger partial charge on any atom is -0.00156 e. The van der Waals surface area contributed by atoms with E-state index in [-0.39, 0.29) is 0 Å². The van der Waals surface area contributed by atoms with Crippen molar-refractivity contribution in [1.82, 2.24) is 4.90 Å². The second-order valence-electron chi connectivity index (χ2n) is 3.48. The van der Waals surface area contributed by atoms with Crippen LogP contribution < -0.4 is 0 Å². The van der Waals surface area contributed by atoms with Crippen LogP contribution in [0.25, 0.3) is 0 Å². The number of hydrogen-bond acceptors (Lipinski definition) is 1. The minimum atomic E-state index is 1.24. The van der Waals surface area contributed by atoms with Crippen LogP contribution in [0.15, 0.2) is 0 Å². The minimum Gasteiger partial charge on any atom is -0.303 e. The fourth-order valence-electron chi connectivity index (χ4n) is 1.35. The molecule has 0 heterocycles. The van der Waals surface area contributed by atoms with Gasteiger partial charge in [0.25, 0.3) is 0 Å². The van der Waals surface area contributed by atoms with Crippen molar-refractivity contribution < 1.29 is 0 Å². The van der Waals surface area contributed by atoms with Crippen molar-refractivity contribution in [1.29, 1.82) is 0 Å². The Labute approximate surface area is 88.4 Å². The number of hydrogen-bond donors (Lipinski definition) is 0. The second kappa shape index (κ2) is 10.9. The Morgan fingerprint density at radius 3 is 1.69 bits per heavy atom. The predicted octanol–water partition coefficient (Wildman–Crippen LogP) is 2.62. The third kappa shape index (κ3) is 9.13. The summed E-state index contributed by atoms with van der Waals surface area (Å²) < 4.78 is 0. The van der Waals surface area contributed by atoms with Gasteiger partial charge in [0.15, 0.2) is 0 Å². The lowest BCUT2D eigenvalue weighted by Gasteiger charge is -2.21. The molecule has 0 aliphatic rings. The zero-order chi connectivity index (χ0) is 9.94. The van der Waals surface area contributed by atoms with E-state index in [9.17, 15) is 0 Å². The highest BCUT2D eigenvalue weighted by Gasteiger charge is 2.01. The molecule has 0 amide bonds. The van der Waals surface area contributed by atoms with Gasteiger partial charge in [0.1, 0.15) is 0 Å². The lowest BCUT2D eigenvalue weighted by atomic mass is 10.3. The van der Waals surface area contributed by atoms with Crippen molar-refractivity contribution in [2.75, 3.05) is 32.0 Å². The average Bonchev–Trinajstić information content (AvgIpc) is 2.17. The fraction of sp³-hybridized carbons (Fsp3) is 1.00. The van der Waals surface area contributed by atoms with Crippen LogP contribution in [0, 0.1) is 0 Å². The molecule has 13 heavy (non-hydrogen) atoms. The van der Waals surface area contributed by atoms with E-state index in [2.05, 4.69) is 30.3 Å². The van der Waals surface area contributed by atoms with E-state index in [0.29, 0.717) is 0 Å². The van der Waals surface area contributed by atoms with Gasteiger partial charge in [-0.3, -0.25) is 0 Å². The van der Waals surface area contributed by atoms with Gasteiger partial charge in [-0.15, -0.1) is 18.5 Å². The molecule has 0 aromatic carbocycles. The van der Waals surface area contributed by atoms with E-state index in [1.54, 1.807) is 0 Å². The third-order valence-corrected chi connectivity index (χ3v) is 3.00. The van der Waals surface area contributed by atoms with Crippen molar-refractivity contribution >= 4 is 18.5 Å². The van der Waals surface area contributed by atoms with Gasteiger partial charge in [0.2, 0.25) is 0 Å². The van der Waals surface area contributed by atoms with Crippen LogP contribution in [0.4, 0.5) is 0 Å². The van der Waals surface area contributed by atoms with Crippen molar-refractivity contribution in [3.63, 3.8) is 0 Å². The molecule has 1 nitrogen and oxygen atoms in total. The summed E-state index contributed by atoms with van der Waals surface area (Å²) in [5, 5.41) is 0. The largest absolute Gasteiger partial charge is 0.303 e. The first-order chi connectivity index (χ1) is 6.35. The Bertz CT molecular complexity index is 79.9. The van der Waals surface area contributed by atoms with Crippen LogP contribution in [-0.4, -0.2) is 36.9 Å². The van der Waals surface area contributed by atoms with E-state index >= 15 is 0 Å². The molecule has 0 fully saturated rings. The van der Waals surface area contributed by atoms with E-state index in [4.69, 9.17) is 0 Å². The molecule has 0 bridgehead atoms. The molecule has 0 saturated carbocycles. The summed E-state index contributed by atoms with van der Waals surface area (Å²) in [5.74, 6) is 0. The Hall–Kier alpha value is 0.820. The highest BCUT2D eigenvalue weighted by atomic mass is 31.0. The lowest BCUT2D eigenvalue weighted by Crippen LogP contribution is -2.27. The van der Waals surface area contributed by atoms with Gasteiger partial charge in [-0.1, -0.05) is 13.3 Å². The zero-order valence-corrected chi connectivity index (χ0v) is 11.3. The first kappa shape index (κ1) is 13.8. The smallest absolute Gasteiger partial charge is 0.00156 e. The van der Waals surface area contributed by atoms with Crippen molar-refractivity contribution in [3.8, 4) is 0 Å². The molecule has 0 aromatic heterocycles. The van der Waals surface area contributed by atoms with E-state index < -0.39 is 0 Å². The molecule has 2 unspecified atom stereocenters. The zero-order valence-electron chi connectivity index (χ0n) is 8.97. The molecule has 80 valence electrons. The van der Waals surface area contributed by atoms with Gasteiger partial charge in [-0.2, -0.15) is 0 Å². The first-order valence-corrected chi connectivity index (χ1v) is 7.11. The van der Waals surface area contributed by atoms with Crippen molar-refractivity contribution in [2.45, 2.75) is 32.6 Å². The predicted molar refractivity (Wildman–Crippen MR) is 69.7 cm³/mol. The van der Waals surface area contributed by atoms with Crippen LogP contribution in [-0.2, 0) is 0 Å². The molecule has 2 atom stereocenters. The molecule has 0 aliphatic heterocycles. The monoisotopic (exact) mass is 221 g/mol. The topological polar surface area (TPSA) is 3.24 Å². The van der Waals surface area contributed by atoms with Gasteiger partial charge in [-0.25, -0.2) is 0 Å². The molecule has 0 N–H and O–H groups in total. The van der Waals surface area contributed by atoms with Gasteiger partial charge in [-0.05, 0) is 51.2 Å². The number of nitrogens with zero attached hydrogens (tertiary/aromatic N) is 1. The normalized spacial score (nSPS) is 11.1. The van der Waals surface area contributed by atoms with E-state index in [0.717, 1.165) is 0 Å². The van der Waals surface area contributed by atoms with E-state index in [1.807, 2.05) is 0 Å². The van der Waals surface area contributed by atoms with Crippen LogP contribution >= 0.6 is 18.5 Å². The molecule has 0 aliphatic carbocycles. The summed E-state index contributed by atoms with van der Waals surface area (Å²) in [6.45, 7) is 6.14. The molecule has 0 radical (unpaired) electrons. The second-order valence-corrected chi connectivity index (χ2v) is 4.63. The summed E-state index contributed by atoms with van der Waals surface area (Å²) in [6.07, 6.45) is 7.80. The maximum atomic E-state index is 2.81. The molecular formula is C10H25NP2. The van der Waals surface area contributed by atoms with Crippen LogP contribution in [0.5, 0.6) is 0 Å². The van der Waals surface area contributed by atoms with Crippen LogP contribution in [0.1, 0.15) is 32.6 Å². The van der Waals surface area contributed by atoms with Crippen molar-refractivity contribution in [2.24, 2.45) is 0 Å². The molecule has 0 aromatic rings. The van der Waals surface area contributed by atoms with Gasteiger partial charge in [0, 0.05) is 0 Å². The van der Waals surface area contributed by atoms with E-state index in [1.165, 1.54) is 57.6 Å². The van der Waals surface area contributed by atoms with Crippen LogP contribution in [0.2, 0.25) is 0 Å². The minimum absolute atomic E-state index is 1.24. The summed E-state index contributed by atoms with van der Waals surface area (Å²) in [6, 6.07) is 0. The average molecular weight is 221 g/mol. The van der Waals surface area contributed by atoms with Gasteiger partial charge in [0.05, 0.1) is 0 Å². The number of unbranched alkanes of at least 4 members (excludes halogenated alkanes) is 1. The standard InChI is InChI=1S/C10H25NP2/c1-2-3-6-11(7-4-9-12)8-5-10-13/h2-10,12-13H2,1H3. The van der Waals surface area contributed by atoms with Crippen LogP contribution in [0.3, 0.4) is 0 Å². The number of rotatable bonds is 9. The first-order valence-electron chi connectivity index (χ1n) is 5.47. The molecule has 0 rings (SSSR count). The van der Waals surface area contributed by atoms with Gasteiger partial charge >= 0.3 is 0 Å². The van der Waals surface area contributed by atoms with Crippen molar-refractivity contribution in [3.05, 3.63) is 0 Å². The Morgan fingerprint density at radius 2 is 1.31 bits per heavy atom. The summed E-state index contributed by atoms with van der Waals surface area (Å²) in [5.41, 5.74) is 0. The summed E-state index contributed by atoms with van der Waals surface area (Å²) in [7, 11) is 5.62. The van der Waals surface area contributed by atoms with Gasteiger partial charge < -0.3 is 4.90 Å². The highest BCUT2D eigenvalue weighted by molar-refractivity contribution is 7.16.